The summed E-state index contributed by atoms with van der Waals surface area (Å²) in [6.45, 7) is 11.8. The number of carboxylic acid groups (broad SMARTS) is 1. The lowest BCUT2D eigenvalue weighted by Gasteiger charge is -2.43. The van der Waals surface area contributed by atoms with E-state index in [2.05, 4.69) is 51.7 Å². The highest BCUT2D eigenvalue weighted by Gasteiger charge is 2.49. The third-order valence-corrected chi connectivity index (χ3v) is 7.33. The monoisotopic (exact) mass is 365 g/mol. The van der Waals surface area contributed by atoms with Crippen molar-refractivity contribution >= 4 is 11.7 Å². The van der Waals surface area contributed by atoms with Crippen LogP contribution in [0, 0.1) is 6.92 Å². The van der Waals surface area contributed by atoms with Crippen LogP contribution in [0.2, 0.25) is 0 Å². The Morgan fingerprint density at radius 3 is 2.00 bits per heavy atom. The molecule has 0 atom stereocenters. The van der Waals surface area contributed by atoms with Gasteiger partial charge in [-0.15, -0.1) is 0 Å². The second-order valence-corrected chi connectivity index (χ2v) is 10.1. The third kappa shape index (κ3) is 2.86. The molecule has 1 aromatic rings. The second kappa shape index (κ2) is 5.80. The number of aliphatic imine (C=N–C) groups is 1. The third-order valence-electron chi connectivity index (χ3n) is 7.33. The molecule has 1 fully saturated rings. The Kier molecular flexibility index (Phi) is 3.96. The van der Waals surface area contributed by atoms with Crippen LogP contribution in [0.3, 0.4) is 0 Å². The zero-order chi connectivity index (χ0) is 19.6. The molecule has 0 bridgehead atoms. The molecule has 0 spiro atoms. The van der Waals surface area contributed by atoms with Crippen LogP contribution >= 0.6 is 0 Å². The number of benzene rings is 1. The van der Waals surface area contributed by atoms with Gasteiger partial charge in [-0.3, -0.25) is 4.99 Å². The van der Waals surface area contributed by atoms with Crippen LogP contribution in [-0.4, -0.2) is 16.8 Å². The van der Waals surface area contributed by atoms with E-state index in [1.807, 2.05) is 6.20 Å². The molecule has 0 unspecified atom stereocenters. The Morgan fingerprint density at radius 2 is 1.52 bits per heavy atom. The van der Waals surface area contributed by atoms with E-state index in [0.717, 1.165) is 19.3 Å². The Balaban J connectivity index is 1.81. The Hall–Kier alpha value is -1.90. The molecular weight excluding hydrogens is 334 g/mol. The van der Waals surface area contributed by atoms with E-state index in [1.54, 1.807) is 0 Å². The van der Waals surface area contributed by atoms with Gasteiger partial charge in [0, 0.05) is 18.0 Å². The summed E-state index contributed by atoms with van der Waals surface area (Å²) >= 11 is 0. The van der Waals surface area contributed by atoms with Gasteiger partial charge in [0.1, 0.15) is 5.71 Å². The van der Waals surface area contributed by atoms with Crippen molar-refractivity contribution in [2.45, 2.75) is 89.4 Å². The number of rotatable bonds is 3. The van der Waals surface area contributed by atoms with E-state index in [1.165, 1.54) is 40.7 Å². The number of hydrogen-bond donors (Lipinski definition) is 1. The minimum Gasteiger partial charge on any atom is -0.477 e. The highest BCUT2D eigenvalue weighted by Crippen LogP contribution is 2.58. The average Bonchev–Trinajstić information content (AvgIpc) is 3.40. The lowest BCUT2D eigenvalue weighted by Crippen LogP contribution is -2.34. The van der Waals surface area contributed by atoms with Crippen LogP contribution in [0.5, 0.6) is 0 Å². The smallest absolute Gasteiger partial charge is 0.350 e. The minimum absolute atomic E-state index is 0.0876. The summed E-state index contributed by atoms with van der Waals surface area (Å²) in [6, 6.07) is 4.94. The molecule has 0 radical (unpaired) electrons. The first-order valence-electron chi connectivity index (χ1n) is 10.2. The number of aryl methyl sites for hydroxylation is 1. The fourth-order valence-electron chi connectivity index (χ4n) is 5.19. The van der Waals surface area contributed by atoms with Crippen molar-refractivity contribution in [1.29, 1.82) is 0 Å². The molecule has 0 aromatic heterocycles. The Bertz CT molecular complexity index is 882. The van der Waals surface area contributed by atoms with E-state index in [4.69, 9.17) is 0 Å². The van der Waals surface area contributed by atoms with E-state index in [9.17, 15) is 9.90 Å². The maximum Gasteiger partial charge on any atom is 0.350 e. The van der Waals surface area contributed by atoms with Crippen molar-refractivity contribution < 1.29 is 9.90 Å². The maximum absolute atomic E-state index is 11.2. The summed E-state index contributed by atoms with van der Waals surface area (Å²) in [7, 11) is 0. The van der Waals surface area contributed by atoms with E-state index in [-0.39, 0.29) is 16.2 Å². The second-order valence-electron chi connectivity index (χ2n) is 10.1. The highest BCUT2D eigenvalue weighted by molar-refractivity contribution is 6.35. The van der Waals surface area contributed by atoms with Gasteiger partial charge in [-0.25, -0.2) is 4.79 Å². The van der Waals surface area contributed by atoms with E-state index >= 15 is 0 Å². The van der Waals surface area contributed by atoms with Gasteiger partial charge in [0.05, 0.1) is 0 Å². The lowest BCUT2D eigenvalue weighted by atomic mass is 9.62. The largest absolute Gasteiger partial charge is 0.477 e. The molecule has 3 aliphatic rings. The van der Waals surface area contributed by atoms with Crippen molar-refractivity contribution in [3.63, 3.8) is 0 Å². The van der Waals surface area contributed by atoms with Crippen LogP contribution in [-0.2, 0) is 21.0 Å². The van der Waals surface area contributed by atoms with Gasteiger partial charge in [0.15, 0.2) is 0 Å². The number of fused-ring (bicyclic) bond motifs is 1. The number of hydrogen-bond acceptors (Lipinski definition) is 2. The van der Waals surface area contributed by atoms with Crippen LogP contribution < -0.4 is 0 Å². The van der Waals surface area contributed by atoms with Crippen molar-refractivity contribution in [2.24, 2.45) is 4.99 Å². The van der Waals surface area contributed by atoms with Gasteiger partial charge in [0.2, 0.25) is 0 Å². The Morgan fingerprint density at radius 1 is 0.926 bits per heavy atom. The summed E-state index contributed by atoms with van der Waals surface area (Å²) in [6.07, 6.45) is 7.97. The topological polar surface area (TPSA) is 49.7 Å². The number of allylic oxidation sites excluding steroid dienone is 1. The average molecular weight is 366 g/mol. The molecule has 1 heterocycles. The van der Waals surface area contributed by atoms with Gasteiger partial charge in [-0.1, -0.05) is 39.8 Å². The molecule has 2 aliphatic carbocycles. The number of nitrogens with zero attached hydrogens (tertiary/aromatic N) is 1. The van der Waals surface area contributed by atoms with Crippen molar-refractivity contribution in [1.82, 2.24) is 0 Å². The molecule has 1 saturated carbocycles. The molecule has 1 N–H and O–H groups in total. The van der Waals surface area contributed by atoms with Crippen molar-refractivity contribution in [3.05, 3.63) is 46.2 Å². The number of aliphatic carboxylic acids is 1. The van der Waals surface area contributed by atoms with Crippen LogP contribution in [0.25, 0.3) is 0 Å². The first kappa shape index (κ1) is 18.5. The molecule has 1 aliphatic heterocycles. The zero-order valence-corrected chi connectivity index (χ0v) is 17.3. The Labute approximate surface area is 162 Å². The lowest BCUT2D eigenvalue weighted by molar-refractivity contribution is -0.129. The molecule has 4 rings (SSSR count). The number of carbonyl (C=O) groups is 1. The standard InChI is InChI=1S/C24H31NO2/c1-15-12-18-19(23(4,5)9-8-22(18,2)3)13-17(15)24(10-11-24)16-6-7-20(21(26)27)25-14-16/h12-14H,6-11H2,1-5H3,(H,26,27). The number of carboxylic acids is 1. The molecule has 0 saturated heterocycles. The van der Waals surface area contributed by atoms with Crippen molar-refractivity contribution in [3.8, 4) is 0 Å². The SMILES string of the molecule is Cc1cc2c(cc1C1(C3=CN=C(C(=O)O)CC3)CC1)C(C)(C)CCC2(C)C. The first-order chi connectivity index (χ1) is 12.6. The summed E-state index contributed by atoms with van der Waals surface area (Å²) < 4.78 is 0. The maximum atomic E-state index is 11.2. The van der Waals surface area contributed by atoms with E-state index in [0.29, 0.717) is 12.1 Å². The molecule has 0 amide bonds. The summed E-state index contributed by atoms with van der Waals surface area (Å²) in [5.41, 5.74) is 8.00. The summed E-state index contributed by atoms with van der Waals surface area (Å²) in [5, 5.41) is 9.18. The molecule has 3 heteroatoms. The minimum atomic E-state index is -0.885. The van der Waals surface area contributed by atoms with Gasteiger partial charge in [0.25, 0.3) is 0 Å². The predicted octanol–water partition coefficient (Wildman–Crippen LogP) is 5.58. The first-order valence-corrected chi connectivity index (χ1v) is 10.2. The molecule has 144 valence electrons. The van der Waals surface area contributed by atoms with Crippen LogP contribution in [0.1, 0.15) is 88.5 Å². The van der Waals surface area contributed by atoms with Crippen LogP contribution in [0.4, 0.5) is 0 Å². The highest BCUT2D eigenvalue weighted by atomic mass is 16.4. The molecule has 1 aromatic carbocycles. The van der Waals surface area contributed by atoms with Gasteiger partial charge < -0.3 is 5.11 Å². The molecule has 3 nitrogen and oxygen atoms in total. The summed E-state index contributed by atoms with van der Waals surface area (Å²) in [4.78, 5) is 15.4. The van der Waals surface area contributed by atoms with Gasteiger partial charge in [-0.05, 0) is 77.7 Å². The van der Waals surface area contributed by atoms with Gasteiger partial charge in [-0.2, -0.15) is 0 Å². The van der Waals surface area contributed by atoms with E-state index < -0.39 is 5.97 Å². The van der Waals surface area contributed by atoms with Crippen LogP contribution in [0.15, 0.2) is 28.9 Å². The fourth-order valence-corrected chi connectivity index (χ4v) is 5.19. The summed E-state index contributed by atoms with van der Waals surface area (Å²) in [5.74, 6) is -0.885. The molecule has 27 heavy (non-hydrogen) atoms. The van der Waals surface area contributed by atoms with Gasteiger partial charge >= 0.3 is 5.97 Å². The normalized spacial score (nSPS) is 24.5. The fraction of sp³-hybridized carbons (Fsp3) is 0.583. The quantitative estimate of drug-likeness (QED) is 0.760. The predicted molar refractivity (Wildman–Crippen MR) is 110 cm³/mol. The van der Waals surface area contributed by atoms with Crippen molar-refractivity contribution in [2.75, 3.05) is 0 Å². The zero-order valence-electron chi connectivity index (χ0n) is 17.3. The molecular formula is C24H31NO2.